The van der Waals surface area contributed by atoms with Gasteiger partial charge < -0.3 is 19.7 Å². The maximum absolute atomic E-state index is 13.7. The summed E-state index contributed by atoms with van der Waals surface area (Å²) in [4.78, 5) is 18.6. The molecule has 3 heterocycles. The van der Waals surface area contributed by atoms with Crippen molar-refractivity contribution in [1.82, 2.24) is 4.98 Å². The number of halogens is 2. The zero-order valence-corrected chi connectivity index (χ0v) is 14.6. The lowest BCUT2D eigenvalue weighted by Crippen LogP contribution is -2.45. The van der Waals surface area contributed by atoms with Crippen molar-refractivity contribution in [2.24, 2.45) is 0 Å². The van der Waals surface area contributed by atoms with Crippen molar-refractivity contribution in [1.29, 1.82) is 0 Å². The number of pyridine rings is 1. The molecule has 1 N–H and O–H groups in total. The van der Waals surface area contributed by atoms with E-state index in [1.807, 2.05) is 0 Å². The minimum atomic E-state index is -0.835. The Balaban J connectivity index is 1.39. The molecule has 0 radical (unpaired) electrons. The fourth-order valence-electron chi connectivity index (χ4n) is 3.38. The average molecular weight is 375 g/mol. The Morgan fingerprint density at radius 2 is 1.85 bits per heavy atom. The van der Waals surface area contributed by atoms with Gasteiger partial charge in [-0.25, -0.2) is 13.8 Å². The first-order valence-electron chi connectivity index (χ1n) is 8.80. The summed E-state index contributed by atoms with van der Waals surface area (Å²) in [7, 11) is 0. The van der Waals surface area contributed by atoms with E-state index in [0.717, 1.165) is 37.7 Å². The van der Waals surface area contributed by atoms with Crippen LogP contribution in [0.15, 0.2) is 36.5 Å². The number of hydrogen-bond acceptors (Lipinski definition) is 5. The number of ether oxygens (including phenoxy) is 2. The van der Waals surface area contributed by atoms with E-state index in [1.165, 1.54) is 6.07 Å². The van der Waals surface area contributed by atoms with E-state index in [1.54, 1.807) is 18.3 Å². The monoisotopic (exact) mass is 375 g/mol. The molecular formula is C19H19F2N3O3. The summed E-state index contributed by atoms with van der Waals surface area (Å²) in [6.45, 7) is 2.82. The van der Waals surface area contributed by atoms with E-state index in [0.29, 0.717) is 19.3 Å². The highest BCUT2D eigenvalue weighted by molar-refractivity contribution is 6.03. The predicted octanol–water partition coefficient (Wildman–Crippen LogP) is 2.96. The number of nitrogens with zero attached hydrogens (tertiary/aromatic N) is 2. The average Bonchev–Trinajstić information content (AvgIpc) is 3.13. The Hall–Kier alpha value is -2.58. The van der Waals surface area contributed by atoms with Crippen molar-refractivity contribution in [3.05, 3.63) is 53.9 Å². The zero-order chi connectivity index (χ0) is 18.9. The second-order valence-electron chi connectivity index (χ2n) is 6.57. The minimum absolute atomic E-state index is 0.0924. The van der Waals surface area contributed by atoms with Crippen LogP contribution in [0, 0.1) is 11.6 Å². The Kier molecular flexibility index (Phi) is 4.75. The van der Waals surface area contributed by atoms with Gasteiger partial charge in [0.1, 0.15) is 17.3 Å². The van der Waals surface area contributed by atoms with Crippen molar-refractivity contribution in [2.75, 3.05) is 36.5 Å². The molecule has 4 rings (SSSR count). The number of carbonyl (C=O) groups excluding carboxylic acids is 1. The van der Waals surface area contributed by atoms with Crippen LogP contribution in [-0.2, 0) is 9.47 Å². The van der Waals surface area contributed by atoms with E-state index in [2.05, 4.69) is 15.2 Å². The van der Waals surface area contributed by atoms with Crippen LogP contribution in [-0.4, -0.2) is 43.0 Å². The highest BCUT2D eigenvalue weighted by Crippen LogP contribution is 2.33. The number of rotatable bonds is 3. The summed E-state index contributed by atoms with van der Waals surface area (Å²) in [5.74, 6) is -2.54. The molecule has 1 aromatic carbocycles. The third kappa shape index (κ3) is 3.77. The summed E-state index contributed by atoms with van der Waals surface area (Å²) in [6.07, 6.45) is 3.17. The molecule has 0 bridgehead atoms. The Morgan fingerprint density at radius 1 is 1.11 bits per heavy atom. The van der Waals surface area contributed by atoms with Gasteiger partial charge in [0.25, 0.3) is 5.91 Å². The van der Waals surface area contributed by atoms with E-state index in [9.17, 15) is 13.6 Å². The van der Waals surface area contributed by atoms with Crippen molar-refractivity contribution < 1.29 is 23.0 Å². The Bertz CT molecular complexity index is 829. The molecule has 2 aromatic rings. The van der Waals surface area contributed by atoms with Crippen LogP contribution in [0.2, 0.25) is 0 Å². The fraction of sp³-hybridized carbons (Fsp3) is 0.368. The first-order valence-corrected chi connectivity index (χ1v) is 8.80. The van der Waals surface area contributed by atoms with E-state index in [-0.39, 0.29) is 11.4 Å². The molecule has 2 saturated heterocycles. The predicted molar refractivity (Wildman–Crippen MR) is 94.6 cm³/mol. The highest BCUT2D eigenvalue weighted by atomic mass is 19.1. The molecule has 1 spiro atoms. The molecule has 2 aliphatic heterocycles. The molecule has 27 heavy (non-hydrogen) atoms. The molecule has 142 valence electrons. The maximum atomic E-state index is 13.7. The fourth-order valence-corrected chi connectivity index (χ4v) is 3.38. The number of amides is 1. The van der Waals surface area contributed by atoms with Crippen LogP contribution in [0.1, 0.15) is 23.3 Å². The van der Waals surface area contributed by atoms with Gasteiger partial charge >= 0.3 is 0 Å². The number of piperidine rings is 1. The largest absolute Gasteiger partial charge is 0.370 e. The van der Waals surface area contributed by atoms with Gasteiger partial charge in [-0.3, -0.25) is 4.79 Å². The smallest absolute Gasteiger partial charge is 0.274 e. The van der Waals surface area contributed by atoms with Crippen LogP contribution >= 0.6 is 0 Å². The summed E-state index contributed by atoms with van der Waals surface area (Å²) in [5, 5.41) is 2.40. The summed E-state index contributed by atoms with van der Waals surface area (Å²) in [6, 6.07) is 6.35. The molecule has 0 unspecified atom stereocenters. The van der Waals surface area contributed by atoms with Crippen LogP contribution in [0.25, 0.3) is 0 Å². The molecular weight excluding hydrogens is 356 g/mol. The third-order valence-electron chi connectivity index (χ3n) is 4.86. The van der Waals surface area contributed by atoms with Crippen LogP contribution in [0.3, 0.4) is 0 Å². The van der Waals surface area contributed by atoms with Crippen molar-refractivity contribution in [3.8, 4) is 0 Å². The second kappa shape index (κ2) is 7.21. The van der Waals surface area contributed by atoms with Crippen molar-refractivity contribution >= 4 is 17.3 Å². The Morgan fingerprint density at radius 3 is 2.48 bits per heavy atom. The van der Waals surface area contributed by atoms with Gasteiger partial charge in [0.2, 0.25) is 0 Å². The SMILES string of the molecule is O=C(Nc1ccc(F)cc1F)c1ccc(N2CCC3(CC2)OCCO3)cn1. The molecule has 2 aliphatic rings. The molecule has 1 amide bonds. The highest BCUT2D eigenvalue weighted by Gasteiger charge is 2.39. The molecule has 1 aromatic heterocycles. The number of carbonyl (C=O) groups is 1. The second-order valence-corrected chi connectivity index (χ2v) is 6.57. The molecule has 2 fully saturated rings. The first-order chi connectivity index (χ1) is 13.0. The van der Waals surface area contributed by atoms with Gasteiger partial charge in [-0.2, -0.15) is 0 Å². The quantitative estimate of drug-likeness (QED) is 0.894. The van der Waals surface area contributed by atoms with Crippen LogP contribution in [0.4, 0.5) is 20.2 Å². The van der Waals surface area contributed by atoms with Crippen LogP contribution < -0.4 is 10.2 Å². The topological polar surface area (TPSA) is 63.7 Å². The van der Waals surface area contributed by atoms with Crippen molar-refractivity contribution in [3.63, 3.8) is 0 Å². The lowest BCUT2D eigenvalue weighted by Gasteiger charge is -2.38. The van der Waals surface area contributed by atoms with Crippen molar-refractivity contribution in [2.45, 2.75) is 18.6 Å². The first kappa shape index (κ1) is 17.8. The summed E-state index contributed by atoms with van der Waals surface area (Å²) in [5.41, 5.74) is 0.955. The number of aromatic nitrogens is 1. The van der Waals surface area contributed by atoms with Crippen LogP contribution in [0.5, 0.6) is 0 Å². The van der Waals surface area contributed by atoms with Gasteiger partial charge in [-0.05, 0) is 24.3 Å². The maximum Gasteiger partial charge on any atom is 0.274 e. The van der Waals surface area contributed by atoms with E-state index < -0.39 is 23.3 Å². The lowest BCUT2D eigenvalue weighted by atomic mass is 10.0. The Labute approximate surface area is 155 Å². The molecule has 0 saturated carbocycles. The van der Waals surface area contributed by atoms with Gasteiger partial charge in [-0.1, -0.05) is 0 Å². The minimum Gasteiger partial charge on any atom is -0.370 e. The third-order valence-corrected chi connectivity index (χ3v) is 4.86. The lowest BCUT2D eigenvalue weighted by molar-refractivity contribution is -0.169. The molecule has 6 nitrogen and oxygen atoms in total. The number of hydrogen-bond donors (Lipinski definition) is 1. The van der Waals surface area contributed by atoms with Gasteiger partial charge in [0.15, 0.2) is 5.79 Å². The number of anilines is 2. The molecule has 0 aliphatic carbocycles. The zero-order valence-electron chi connectivity index (χ0n) is 14.6. The van der Waals surface area contributed by atoms with Gasteiger partial charge in [0.05, 0.1) is 30.8 Å². The van der Waals surface area contributed by atoms with Gasteiger partial charge in [0, 0.05) is 32.0 Å². The standard InChI is InChI=1S/C19H19F2N3O3/c20-13-1-3-16(15(21)11-13)23-18(25)17-4-2-14(12-22-17)24-7-5-19(6-8-24)26-9-10-27-19/h1-4,11-12H,5-10H2,(H,23,25). The summed E-state index contributed by atoms with van der Waals surface area (Å²) < 4.78 is 38.0. The summed E-state index contributed by atoms with van der Waals surface area (Å²) >= 11 is 0. The molecule has 8 heteroatoms. The normalized spacial score (nSPS) is 18.7. The molecule has 0 atom stereocenters. The van der Waals surface area contributed by atoms with E-state index in [4.69, 9.17) is 9.47 Å². The van der Waals surface area contributed by atoms with E-state index >= 15 is 0 Å². The van der Waals surface area contributed by atoms with Gasteiger partial charge in [-0.15, -0.1) is 0 Å². The number of benzene rings is 1. The number of nitrogens with one attached hydrogen (secondary N) is 1.